The number of hydrogen-bond donors (Lipinski definition) is 0. The molecule has 0 nitrogen and oxygen atoms in total. The van der Waals surface area contributed by atoms with E-state index < -0.39 is 0 Å². The van der Waals surface area contributed by atoms with Crippen LogP contribution in [0, 0.1) is 0 Å². The van der Waals surface area contributed by atoms with Gasteiger partial charge >= 0.3 is 0 Å². The zero-order valence-electron chi connectivity index (χ0n) is 7.59. The van der Waals surface area contributed by atoms with Crippen molar-refractivity contribution in [2.75, 3.05) is 0 Å². The van der Waals surface area contributed by atoms with Gasteiger partial charge in [0, 0.05) is 0 Å². The molecule has 0 aliphatic heterocycles. The number of rotatable bonds is 3. The third kappa shape index (κ3) is 3.61. The van der Waals surface area contributed by atoms with Crippen LogP contribution >= 0.6 is 0 Å². The van der Waals surface area contributed by atoms with Gasteiger partial charge in [0.05, 0.1) is 0 Å². The number of hydrogen-bond acceptors (Lipinski definition) is 0. The topological polar surface area (TPSA) is 0 Å². The molecule has 0 saturated heterocycles. The lowest BCUT2D eigenvalue weighted by Gasteiger charge is -1.98. The SMILES string of the molecule is C=C\C=C(C)/C(/C=C\C)=C\C. The van der Waals surface area contributed by atoms with Crippen LogP contribution in [-0.2, 0) is 0 Å². The lowest BCUT2D eigenvalue weighted by Crippen LogP contribution is -1.78. The Bertz CT molecular complexity index is 202. The second-order valence-corrected chi connectivity index (χ2v) is 2.33. The average Bonchev–Trinajstić information content (AvgIpc) is 2.00. The van der Waals surface area contributed by atoms with Crippen LogP contribution in [0.5, 0.6) is 0 Å². The largest absolute Gasteiger partial charge is 0.0991 e. The first-order valence-electron chi connectivity index (χ1n) is 3.85. The highest BCUT2D eigenvalue weighted by molar-refractivity contribution is 5.39. The summed E-state index contributed by atoms with van der Waals surface area (Å²) in [5.74, 6) is 0. The van der Waals surface area contributed by atoms with Crippen molar-refractivity contribution in [3.05, 3.63) is 48.1 Å². The van der Waals surface area contributed by atoms with E-state index in [2.05, 4.69) is 25.7 Å². The Morgan fingerprint density at radius 2 is 1.91 bits per heavy atom. The molecule has 0 amide bonds. The second kappa shape index (κ2) is 5.72. The standard InChI is InChI=1S/C11H16/c1-5-8-10(4)11(7-3)9-6-2/h5-9H,1H2,2-4H3/b9-6-,10-8-,11-7-. The van der Waals surface area contributed by atoms with Crippen molar-refractivity contribution >= 4 is 0 Å². The molecule has 0 aromatic carbocycles. The van der Waals surface area contributed by atoms with Gasteiger partial charge in [0.1, 0.15) is 0 Å². The molecule has 0 bridgehead atoms. The molecule has 0 atom stereocenters. The summed E-state index contributed by atoms with van der Waals surface area (Å²) < 4.78 is 0. The highest BCUT2D eigenvalue weighted by Crippen LogP contribution is 2.10. The first-order chi connectivity index (χ1) is 5.26. The minimum atomic E-state index is 1.25. The van der Waals surface area contributed by atoms with Gasteiger partial charge in [-0.15, -0.1) is 0 Å². The summed E-state index contributed by atoms with van der Waals surface area (Å²) in [6.45, 7) is 9.79. The second-order valence-electron chi connectivity index (χ2n) is 2.33. The van der Waals surface area contributed by atoms with E-state index in [1.165, 1.54) is 11.1 Å². The summed E-state index contributed by atoms with van der Waals surface area (Å²) in [4.78, 5) is 0. The summed E-state index contributed by atoms with van der Waals surface area (Å²) in [5, 5.41) is 0. The van der Waals surface area contributed by atoms with Crippen LogP contribution in [0.1, 0.15) is 20.8 Å². The van der Waals surface area contributed by atoms with Crippen LogP contribution in [0.4, 0.5) is 0 Å². The smallest absolute Gasteiger partial charge is 0.0273 e. The van der Waals surface area contributed by atoms with Crippen LogP contribution in [0.15, 0.2) is 48.1 Å². The van der Waals surface area contributed by atoms with E-state index in [0.717, 1.165) is 0 Å². The quantitative estimate of drug-likeness (QED) is 0.536. The van der Waals surface area contributed by atoms with Crippen LogP contribution in [-0.4, -0.2) is 0 Å². The maximum absolute atomic E-state index is 3.65. The van der Waals surface area contributed by atoms with Gasteiger partial charge in [0.25, 0.3) is 0 Å². The van der Waals surface area contributed by atoms with E-state index in [9.17, 15) is 0 Å². The molecule has 0 aliphatic carbocycles. The molecule has 0 rings (SSSR count). The molecule has 0 heterocycles. The first kappa shape index (κ1) is 9.96. The Labute approximate surface area is 69.6 Å². The first-order valence-corrected chi connectivity index (χ1v) is 3.85. The fraction of sp³-hybridized carbons (Fsp3) is 0.273. The van der Waals surface area contributed by atoms with E-state index >= 15 is 0 Å². The van der Waals surface area contributed by atoms with Crippen molar-refractivity contribution in [3.8, 4) is 0 Å². The van der Waals surface area contributed by atoms with E-state index in [-0.39, 0.29) is 0 Å². The molecule has 0 unspecified atom stereocenters. The lowest BCUT2D eigenvalue weighted by atomic mass is 10.1. The Kier molecular flexibility index (Phi) is 5.18. The van der Waals surface area contributed by atoms with Gasteiger partial charge in [-0.3, -0.25) is 0 Å². The van der Waals surface area contributed by atoms with Gasteiger partial charge in [0.2, 0.25) is 0 Å². The van der Waals surface area contributed by atoms with Gasteiger partial charge in [-0.1, -0.05) is 37.0 Å². The molecule has 11 heavy (non-hydrogen) atoms. The maximum atomic E-state index is 3.65. The van der Waals surface area contributed by atoms with Crippen molar-refractivity contribution < 1.29 is 0 Å². The Hall–Kier alpha value is -1.04. The highest BCUT2D eigenvalue weighted by Gasteiger charge is 1.90. The van der Waals surface area contributed by atoms with Gasteiger partial charge in [-0.25, -0.2) is 0 Å². The van der Waals surface area contributed by atoms with E-state index in [0.29, 0.717) is 0 Å². The van der Waals surface area contributed by atoms with Crippen LogP contribution in [0.25, 0.3) is 0 Å². The van der Waals surface area contributed by atoms with E-state index in [1.807, 2.05) is 32.1 Å². The summed E-state index contributed by atoms with van der Waals surface area (Å²) in [5.41, 5.74) is 2.51. The van der Waals surface area contributed by atoms with Gasteiger partial charge in [-0.2, -0.15) is 0 Å². The fourth-order valence-electron chi connectivity index (χ4n) is 0.908. The summed E-state index contributed by atoms with van der Waals surface area (Å²) in [6.07, 6.45) is 10.0. The molecule has 0 aromatic heterocycles. The molecule has 0 radical (unpaired) electrons. The average molecular weight is 148 g/mol. The normalized spacial score (nSPS) is 14.1. The molecule has 0 aliphatic rings. The van der Waals surface area contributed by atoms with Crippen molar-refractivity contribution in [1.82, 2.24) is 0 Å². The molecule has 0 aromatic rings. The van der Waals surface area contributed by atoms with Gasteiger partial charge in [-0.05, 0) is 31.9 Å². The van der Waals surface area contributed by atoms with E-state index in [1.54, 1.807) is 0 Å². The number of allylic oxidation sites excluding steroid dienone is 7. The summed E-state index contributed by atoms with van der Waals surface area (Å²) in [6, 6.07) is 0. The van der Waals surface area contributed by atoms with Crippen molar-refractivity contribution in [2.45, 2.75) is 20.8 Å². The zero-order chi connectivity index (χ0) is 8.69. The molecule has 0 heteroatoms. The van der Waals surface area contributed by atoms with Crippen molar-refractivity contribution in [1.29, 1.82) is 0 Å². The third-order valence-electron chi connectivity index (χ3n) is 1.48. The fourth-order valence-corrected chi connectivity index (χ4v) is 0.908. The highest BCUT2D eigenvalue weighted by atomic mass is 14.0. The van der Waals surface area contributed by atoms with Crippen LogP contribution in [0.2, 0.25) is 0 Å². The molecular formula is C11H16. The molecule has 0 N–H and O–H groups in total. The maximum Gasteiger partial charge on any atom is -0.0273 e. The molecule has 60 valence electrons. The molecule has 0 spiro atoms. The monoisotopic (exact) mass is 148 g/mol. The molecule has 0 saturated carbocycles. The molecular weight excluding hydrogens is 132 g/mol. The van der Waals surface area contributed by atoms with Crippen molar-refractivity contribution in [2.24, 2.45) is 0 Å². The third-order valence-corrected chi connectivity index (χ3v) is 1.48. The van der Waals surface area contributed by atoms with Crippen molar-refractivity contribution in [3.63, 3.8) is 0 Å². The van der Waals surface area contributed by atoms with Crippen LogP contribution < -0.4 is 0 Å². The van der Waals surface area contributed by atoms with Gasteiger partial charge in [0.15, 0.2) is 0 Å². The Balaban J connectivity index is 4.52. The van der Waals surface area contributed by atoms with E-state index in [4.69, 9.17) is 0 Å². The van der Waals surface area contributed by atoms with Gasteiger partial charge < -0.3 is 0 Å². The Morgan fingerprint density at radius 3 is 2.27 bits per heavy atom. The van der Waals surface area contributed by atoms with Crippen LogP contribution in [0.3, 0.4) is 0 Å². The predicted octanol–water partition coefficient (Wildman–Crippen LogP) is 3.64. The Morgan fingerprint density at radius 1 is 1.27 bits per heavy atom. The zero-order valence-corrected chi connectivity index (χ0v) is 7.59. The summed E-state index contributed by atoms with van der Waals surface area (Å²) in [7, 11) is 0. The summed E-state index contributed by atoms with van der Waals surface area (Å²) >= 11 is 0. The minimum absolute atomic E-state index is 1.25. The lowest BCUT2D eigenvalue weighted by molar-refractivity contribution is 1.40. The predicted molar refractivity (Wildman–Crippen MR) is 52.5 cm³/mol. The molecule has 0 fully saturated rings. The minimum Gasteiger partial charge on any atom is -0.0991 e.